The molecule has 22 heavy (non-hydrogen) atoms. The highest BCUT2D eigenvalue weighted by Gasteiger charge is 2.07. The highest BCUT2D eigenvalue weighted by molar-refractivity contribution is 5.78. The summed E-state index contributed by atoms with van der Waals surface area (Å²) < 4.78 is 5.63. The highest BCUT2D eigenvalue weighted by Crippen LogP contribution is 2.20. The number of rotatable bonds is 8. The van der Waals surface area contributed by atoms with Gasteiger partial charge in [-0.05, 0) is 31.0 Å². The Morgan fingerprint density at radius 2 is 1.82 bits per heavy atom. The first kappa shape index (κ1) is 18.0. The minimum absolute atomic E-state index is 0.00694. The van der Waals surface area contributed by atoms with E-state index in [4.69, 9.17) is 4.74 Å². The molecule has 0 atom stereocenters. The van der Waals surface area contributed by atoms with Gasteiger partial charge in [0, 0.05) is 19.0 Å². The van der Waals surface area contributed by atoms with E-state index in [2.05, 4.69) is 10.6 Å². The van der Waals surface area contributed by atoms with Crippen LogP contribution < -0.4 is 15.4 Å². The Morgan fingerprint density at radius 3 is 2.50 bits per heavy atom. The number of ether oxygens (including phenoxy) is 1. The van der Waals surface area contributed by atoms with E-state index in [1.807, 2.05) is 45.9 Å². The van der Waals surface area contributed by atoms with Crippen LogP contribution in [-0.2, 0) is 9.59 Å². The first-order valence-corrected chi connectivity index (χ1v) is 7.65. The summed E-state index contributed by atoms with van der Waals surface area (Å²) in [4.78, 5) is 23.0. The van der Waals surface area contributed by atoms with Crippen LogP contribution in [0.2, 0.25) is 0 Å². The van der Waals surface area contributed by atoms with Gasteiger partial charge in [0.05, 0.1) is 13.0 Å². The molecule has 0 fully saturated rings. The molecule has 2 amide bonds. The molecule has 0 bridgehead atoms. The molecule has 0 saturated heterocycles. The van der Waals surface area contributed by atoms with E-state index in [9.17, 15) is 9.59 Å². The third kappa shape index (κ3) is 6.16. The molecule has 1 aromatic carbocycles. The van der Waals surface area contributed by atoms with Gasteiger partial charge in [0.25, 0.3) is 0 Å². The molecule has 122 valence electrons. The van der Waals surface area contributed by atoms with Crippen molar-refractivity contribution in [3.63, 3.8) is 0 Å². The molecule has 1 aromatic rings. The van der Waals surface area contributed by atoms with Crippen LogP contribution >= 0.6 is 0 Å². The van der Waals surface area contributed by atoms with E-state index in [1.54, 1.807) is 0 Å². The fourth-order valence-electron chi connectivity index (χ4n) is 1.81. The molecule has 0 heterocycles. The second kappa shape index (κ2) is 9.07. The third-order valence-corrected chi connectivity index (χ3v) is 3.41. The van der Waals surface area contributed by atoms with Crippen LogP contribution in [0.5, 0.6) is 5.75 Å². The second-order valence-corrected chi connectivity index (χ2v) is 5.59. The Balaban J connectivity index is 2.18. The first-order chi connectivity index (χ1) is 10.4. The Morgan fingerprint density at radius 1 is 1.14 bits per heavy atom. The molecule has 1 rings (SSSR count). The summed E-state index contributed by atoms with van der Waals surface area (Å²) >= 11 is 0. The molecular formula is C17H26N2O3. The standard InChI is InChI=1S/C17H26N2O3/c1-12(2)17(21)19-10-9-18-16(20)8-11-22-15-7-5-6-13(3)14(15)4/h5-7,12H,8-11H2,1-4H3,(H,18,20)(H,19,21). The van der Waals surface area contributed by atoms with Gasteiger partial charge in [-0.25, -0.2) is 0 Å². The monoisotopic (exact) mass is 306 g/mol. The fourth-order valence-corrected chi connectivity index (χ4v) is 1.81. The van der Waals surface area contributed by atoms with Crippen molar-refractivity contribution in [1.82, 2.24) is 10.6 Å². The number of carbonyl (C=O) groups is 2. The molecule has 0 aliphatic rings. The lowest BCUT2D eigenvalue weighted by molar-refractivity contribution is -0.124. The molecule has 0 radical (unpaired) electrons. The van der Waals surface area contributed by atoms with Crippen LogP contribution in [0.15, 0.2) is 18.2 Å². The fraction of sp³-hybridized carbons (Fsp3) is 0.529. The first-order valence-electron chi connectivity index (χ1n) is 7.65. The molecule has 0 aromatic heterocycles. The van der Waals surface area contributed by atoms with Gasteiger partial charge in [-0.2, -0.15) is 0 Å². The van der Waals surface area contributed by atoms with Crippen LogP contribution in [0, 0.1) is 19.8 Å². The van der Waals surface area contributed by atoms with E-state index >= 15 is 0 Å². The molecule has 5 nitrogen and oxygen atoms in total. The zero-order valence-corrected chi connectivity index (χ0v) is 13.9. The van der Waals surface area contributed by atoms with Crippen LogP contribution in [0.3, 0.4) is 0 Å². The van der Waals surface area contributed by atoms with Crippen LogP contribution in [-0.4, -0.2) is 31.5 Å². The van der Waals surface area contributed by atoms with Gasteiger partial charge in [-0.15, -0.1) is 0 Å². The van der Waals surface area contributed by atoms with Crippen molar-refractivity contribution >= 4 is 11.8 Å². The van der Waals surface area contributed by atoms with Gasteiger partial charge < -0.3 is 15.4 Å². The number of amides is 2. The molecular weight excluding hydrogens is 280 g/mol. The van der Waals surface area contributed by atoms with Gasteiger partial charge in [-0.1, -0.05) is 26.0 Å². The Kier molecular flexibility index (Phi) is 7.43. The average molecular weight is 306 g/mol. The van der Waals surface area contributed by atoms with Crippen molar-refractivity contribution in [2.45, 2.75) is 34.1 Å². The summed E-state index contributed by atoms with van der Waals surface area (Å²) in [6, 6.07) is 5.87. The Labute approximate surface area is 132 Å². The van der Waals surface area contributed by atoms with E-state index in [0.717, 1.165) is 11.3 Å². The normalized spacial score (nSPS) is 10.4. The van der Waals surface area contributed by atoms with Crippen molar-refractivity contribution in [2.75, 3.05) is 19.7 Å². The lowest BCUT2D eigenvalue weighted by Crippen LogP contribution is -2.36. The number of aryl methyl sites for hydroxylation is 1. The van der Waals surface area contributed by atoms with Crippen molar-refractivity contribution in [3.8, 4) is 5.75 Å². The van der Waals surface area contributed by atoms with Crippen molar-refractivity contribution in [1.29, 1.82) is 0 Å². The maximum atomic E-state index is 11.7. The lowest BCUT2D eigenvalue weighted by atomic mass is 10.1. The van der Waals surface area contributed by atoms with E-state index in [-0.39, 0.29) is 17.7 Å². The minimum atomic E-state index is -0.0795. The smallest absolute Gasteiger partial charge is 0.223 e. The maximum Gasteiger partial charge on any atom is 0.223 e. The Hall–Kier alpha value is -2.04. The van der Waals surface area contributed by atoms with Gasteiger partial charge in [-0.3, -0.25) is 9.59 Å². The third-order valence-electron chi connectivity index (χ3n) is 3.41. The molecule has 0 unspecified atom stereocenters. The lowest BCUT2D eigenvalue weighted by Gasteiger charge is -2.11. The SMILES string of the molecule is Cc1cccc(OCCC(=O)NCCNC(=O)C(C)C)c1C. The summed E-state index contributed by atoms with van der Waals surface area (Å²) in [5.41, 5.74) is 2.27. The van der Waals surface area contributed by atoms with E-state index in [1.165, 1.54) is 5.56 Å². The van der Waals surface area contributed by atoms with Gasteiger partial charge >= 0.3 is 0 Å². The number of nitrogens with one attached hydrogen (secondary N) is 2. The summed E-state index contributed by atoms with van der Waals surface area (Å²) in [5.74, 6) is 0.690. The maximum absolute atomic E-state index is 11.7. The number of hydrogen-bond acceptors (Lipinski definition) is 3. The topological polar surface area (TPSA) is 67.4 Å². The van der Waals surface area contributed by atoms with Crippen molar-refractivity contribution in [3.05, 3.63) is 29.3 Å². The van der Waals surface area contributed by atoms with Crippen LogP contribution in [0.25, 0.3) is 0 Å². The Bertz CT molecular complexity index is 513. The van der Waals surface area contributed by atoms with E-state index in [0.29, 0.717) is 26.1 Å². The average Bonchev–Trinajstić information content (AvgIpc) is 2.47. The van der Waals surface area contributed by atoms with Gasteiger partial charge in [0.15, 0.2) is 0 Å². The number of benzene rings is 1. The zero-order chi connectivity index (χ0) is 16.5. The summed E-state index contributed by atoms with van der Waals surface area (Å²) in [6.07, 6.45) is 0.297. The molecule has 2 N–H and O–H groups in total. The van der Waals surface area contributed by atoms with Crippen LogP contribution in [0.4, 0.5) is 0 Å². The molecule has 0 spiro atoms. The summed E-state index contributed by atoms with van der Waals surface area (Å²) in [6.45, 7) is 8.91. The molecule has 5 heteroatoms. The van der Waals surface area contributed by atoms with Crippen molar-refractivity contribution in [2.24, 2.45) is 5.92 Å². The quantitative estimate of drug-likeness (QED) is 0.722. The predicted octanol–water partition coefficient (Wildman–Crippen LogP) is 1.96. The largest absolute Gasteiger partial charge is 0.493 e. The predicted molar refractivity (Wildman–Crippen MR) is 86.9 cm³/mol. The van der Waals surface area contributed by atoms with Crippen LogP contribution in [0.1, 0.15) is 31.4 Å². The number of hydrogen-bond donors (Lipinski definition) is 2. The van der Waals surface area contributed by atoms with E-state index < -0.39 is 0 Å². The zero-order valence-electron chi connectivity index (χ0n) is 13.9. The molecule has 0 saturated carbocycles. The van der Waals surface area contributed by atoms with Gasteiger partial charge in [0.1, 0.15) is 5.75 Å². The highest BCUT2D eigenvalue weighted by atomic mass is 16.5. The minimum Gasteiger partial charge on any atom is -0.493 e. The van der Waals surface area contributed by atoms with Gasteiger partial charge in [0.2, 0.25) is 11.8 Å². The molecule has 0 aliphatic heterocycles. The molecule has 0 aliphatic carbocycles. The van der Waals surface area contributed by atoms with Crippen molar-refractivity contribution < 1.29 is 14.3 Å². The second-order valence-electron chi connectivity index (χ2n) is 5.59. The summed E-state index contributed by atoms with van der Waals surface area (Å²) in [5, 5.41) is 5.50. The number of carbonyl (C=O) groups excluding carboxylic acids is 2. The summed E-state index contributed by atoms with van der Waals surface area (Å²) in [7, 11) is 0.